The molecule has 2 aromatic heterocycles. The maximum absolute atomic E-state index is 12.0. The van der Waals surface area contributed by atoms with Crippen LogP contribution in [0.2, 0.25) is 0 Å². The Morgan fingerprint density at radius 2 is 2.20 bits per heavy atom. The van der Waals surface area contributed by atoms with E-state index >= 15 is 0 Å². The molecule has 0 saturated heterocycles. The fraction of sp³-hybridized carbons (Fsp3) is 0.308. The number of pyridine rings is 1. The molecule has 0 atom stereocenters. The van der Waals surface area contributed by atoms with Crippen molar-refractivity contribution in [2.24, 2.45) is 14.1 Å². The highest BCUT2D eigenvalue weighted by molar-refractivity contribution is 5.88. The van der Waals surface area contributed by atoms with Crippen LogP contribution < -0.4 is 10.9 Å². The van der Waals surface area contributed by atoms with E-state index in [2.05, 4.69) is 10.4 Å². The molecule has 0 unspecified atom stereocenters. The maximum atomic E-state index is 12.0. The van der Waals surface area contributed by atoms with Gasteiger partial charge >= 0.3 is 6.03 Å². The molecule has 0 aromatic carbocycles. The number of rotatable bonds is 3. The van der Waals surface area contributed by atoms with Gasteiger partial charge in [-0.2, -0.15) is 5.10 Å². The van der Waals surface area contributed by atoms with Crippen LogP contribution >= 0.6 is 0 Å². The molecule has 106 valence electrons. The maximum Gasteiger partial charge on any atom is 0.322 e. The average molecular weight is 275 g/mol. The first-order valence-electron chi connectivity index (χ1n) is 6.12. The summed E-state index contributed by atoms with van der Waals surface area (Å²) in [5, 5.41) is 6.65. The Morgan fingerprint density at radius 3 is 2.85 bits per heavy atom. The molecule has 0 radical (unpaired) electrons. The van der Waals surface area contributed by atoms with Gasteiger partial charge in [-0.05, 0) is 12.1 Å². The number of carbonyl (C=O) groups excluding carboxylic acids is 1. The van der Waals surface area contributed by atoms with Crippen LogP contribution in [-0.2, 0) is 20.6 Å². The van der Waals surface area contributed by atoms with Crippen LogP contribution in [0.5, 0.6) is 0 Å². The highest BCUT2D eigenvalue weighted by Gasteiger charge is 2.12. The minimum absolute atomic E-state index is 0.240. The standard InChI is InChI=1S/C13H17N5O2/c1-16-6-4-5-11(12(16)19)15-13(20)17(2)8-10-7-14-18(3)9-10/h4-7,9H,8H2,1-3H3,(H,15,20). The monoisotopic (exact) mass is 275 g/mol. The Bertz CT molecular complexity index is 673. The normalized spacial score (nSPS) is 10.3. The van der Waals surface area contributed by atoms with Crippen molar-refractivity contribution in [2.75, 3.05) is 12.4 Å². The Kier molecular flexibility index (Phi) is 3.88. The van der Waals surface area contributed by atoms with Gasteiger partial charge < -0.3 is 14.8 Å². The molecule has 2 amide bonds. The van der Waals surface area contributed by atoms with Gasteiger partial charge in [-0.3, -0.25) is 9.48 Å². The van der Waals surface area contributed by atoms with E-state index in [1.807, 2.05) is 13.2 Å². The lowest BCUT2D eigenvalue weighted by molar-refractivity contribution is 0.220. The summed E-state index contributed by atoms with van der Waals surface area (Å²) in [5.41, 5.74) is 0.944. The number of anilines is 1. The largest absolute Gasteiger partial charge is 0.323 e. The summed E-state index contributed by atoms with van der Waals surface area (Å²) in [7, 11) is 5.12. The molecule has 20 heavy (non-hydrogen) atoms. The van der Waals surface area contributed by atoms with Crippen molar-refractivity contribution in [3.05, 3.63) is 46.6 Å². The Labute approximate surface area is 116 Å². The summed E-state index contributed by atoms with van der Waals surface area (Å²) in [4.78, 5) is 25.3. The fourth-order valence-corrected chi connectivity index (χ4v) is 1.80. The molecule has 0 aliphatic rings. The lowest BCUT2D eigenvalue weighted by atomic mass is 10.3. The molecule has 2 rings (SSSR count). The summed E-state index contributed by atoms with van der Waals surface area (Å²) in [5.74, 6) is 0. The Balaban J connectivity index is 2.04. The third kappa shape index (κ3) is 3.05. The van der Waals surface area contributed by atoms with E-state index in [0.29, 0.717) is 6.54 Å². The summed E-state index contributed by atoms with van der Waals surface area (Å²) < 4.78 is 3.09. The van der Waals surface area contributed by atoms with Gasteiger partial charge in [-0.15, -0.1) is 0 Å². The molecule has 7 nitrogen and oxygen atoms in total. The first kappa shape index (κ1) is 13.9. The molecule has 2 aromatic rings. The first-order chi connectivity index (χ1) is 9.47. The van der Waals surface area contributed by atoms with Crippen molar-refractivity contribution in [2.45, 2.75) is 6.54 Å². The van der Waals surface area contributed by atoms with Crippen LogP contribution in [-0.4, -0.2) is 32.3 Å². The number of aryl methyl sites for hydroxylation is 2. The molecule has 0 saturated carbocycles. The summed E-state index contributed by atoms with van der Waals surface area (Å²) in [6.07, 6.45) is 5.17. The third-order valence-corrected chi connectivity index (χ3v) is 2.89. The van der Waals surface area contributed by atoms with Crippen LogP contribution in [0.25, 0.3) is 0 Å². The highest BCUT2D eigenvalue weighted by atomic mass is 16.2. The molecular weight excluding hydrogens is 258 g/mol. The van der Waals surface area contributed by atoms with Crippen LogP contribution in [0.4, 0.5) is 10.5 Å². The van der Waals surface area contributed by atoms with Gasteiger partial charge in [0.15, 0.2) is 0 Å². The zero-order valence-electron chi connectivity index (χ0n) is 11.7. The fourth-order valence-electron chi connectivity index (χ4n) is 1.80. The second kappa shape index (κ2) is 5.60. The Morgan fingerprint density at radius 1 is 1.45 bits per heavy atom. The summed E-state index contributed by atoms with van der Waals surface area (Å²) in [6.45, 7) is 0.423. The van der Waals surface area contributed by atoms with Gasteiger partial charge in [0, 0.05) is 39.1 Å². The van der Waals surface area contributed by atoms with E-state index < -0.39 is 0 Å². The van der Waals surface area contributed by atoms with E-state index in [4.69, 9.17) is 0 Å². The SMILES string of the molecule is CN(Cc1cnn(C)c1)C(=O)Nc1cccn(C)c1=O. The first-order valence-corrected chi connectivity index (χ1v) is 6.12. The number of nitrogens with zero attached hydrogens (tertiary/aromatic N) is 4. The molecule has 0 bridgehead atoms. The van der Waals surface area contributed by atoms with Gasteiger partial charge in [-0.1, -0.05) is 0 Å². The smallest absolute Gasteiger partial charge is 0.322 e. The van der Waals surface area contributed by atoms with Gasteiger partial charge in [0.05, 0.1) is 12.7 Å². The number of carbonyl (C=O) groups is 1. The zero-order valence-corrected chi connectivity index (χ0v) is 11.7. The van der Waals surface area contributed by atoms with Gasteiger partial charge in [0.25, 0.3) is 5.56 Å². The predicted molar refractivity (Wildman–Crippen MR) is 75.4 cm³/mol. The third-order valence-electron chi connectivity index (χ3n) is 2.89. The van der Waals surface area contributed by atoms with E-state index in [-0.39, 0.29) is 17.3 Å². The topological polar surface area (TPSA) is 72.2 Å². The van der Waals surface area contributed by atoms with Crippen molar-refractivity contribution in [1.82, 2.24) is 19.2 Å². The van der Waals surface area contributed by atoms with Crippen LogP contribution in [0.1, 0.15) is 5.56 Å². The number of amides is 2. The number of hydrogen-bond donors (Lipinski definition) is 1. The van der Waals surface area contributed by atoms with Crippen LogP contribution in [0, 0.1) is 0 Å². The molecular formula is C13H17N5O2. The van der Waals surface area contributed by atoms with Crippen molar-refractivity contribution in [3.63, 3.8) is 0 Å². The second-order valence-electron chi connectivity index (χ2n) is 4.65. The predicted octanol–water partition coefficient (Wildman–Crippen LogP) is 0.783. The second-order valence-corrected chi connectivity index (χ2v) is 4.65. The van der Waals surface area contributed by atoms with Crippen molar-refractivity contribution < 1.29 is 4.79 Å². The van der Waals surface area contributed by atoms with E-state index in [9.17, 15) is 9.59 Å². The number of aromatic nitrogens is 3. The number of nitrogens with one attached hydrogen (secondary N) is 1. The molecule has 0 spiro atoms. The van der Waals surface area contributed by atoms with E-state index in [1.54, 1.807) is 43.3 Å². The number of hydrogen-bond acceptors (Lipinski definition) is 3. The zero-order chi connectivity index (χ0) is 14.7. The van der Waals surface area contributed by atoms with E-state index in [1.165, 1.54) is 9.47 Å². The Hall–Kier alpha value is -2.57. The molecule has 0 fully saturated rings. The van der Waals surface area contributed by atoms with Gasteiger partial charge in [0.2, 0.25) is 0 Å². The quantitative estimate of drug-likeness (QED) is 0.900. The molecule has 0 aliphatic carbocycles. The van der Waals surface area contributed by atoms with Gasteiger partial charge in [0.1, 0.15) is 5.69 Å². The van der Waals surface area contributed by atoms with Crippen LogP contribution in [0.3, 0.4) is 0 Å². The minimum atomic E-state index is -0.336. The molecule has 7 heteroatoms. The number of urea groups is 1. The highest BCUT2D eigenvalue weighted by Crippen LogP contribution is 2.04. The molecule has 0 aliphatic heterocycles. The van der Waals surface area contributed by atoms with Crippen molar-refractivity contribution in [1.29, 1.82) is 0 Å². The van der Waals surface area contributed by atoms with Crippen molar-refractivity contribution in [3.8, 4) is 0 Å². The van der Waals surface area contributed by atoms with Gasteiger partial charge in [-0.25, -0.2) is 4.79 Å². The lowest BCUT2D eigenvalue weighted by Crippen LogP contribution is -2.33. The van der Waals surface area contributed by atoms with Crippen molar-refractivity contribution >= 4 is 11.7 Å². The lowest BCUT2D eigenvalue weighted by Gasteiger charge is -2.17. The van der Waals surface area contributed by atoms with Crippen LogP contribution in [0.15, 0.2) is 35.5 Å². The summed E-state index contributed by atoms with van der Waals surface area (Å²) >= 11 is 0. The van der Waals surface area contributed by atoms with E-state index in [0.717, 1.165) is 5.56 Å². The minimum Gasteiger partial charge on any atom is -0.323 e. The average Bonchev–Trinajstić information content (AvgIpc) is 2.80. The molecule has 1 N–H and O–H groups in total. The molecule has 2 heterocycles. The summed E-state index contributed by atoms with van der Waals surface area (Å²) in [6, 6.07) is 2.95.